The van der Waals surface area contributed by atoms with Crippen molar-refractivity contribution < 1.29 is 14.3 Å². The van der Waals surface area contributed by atoms with E-state index in [4.69, 9.17) is 22.1 Å². The quantitative estimate of drug-likeness (QED) is 0.875. The number of para-hydroxylation sites is 1. The third-order valence-electron chi connectivity index (χ3n) is 4.64. The molecule has 0 radical (unpaired) electrons. The van der Waals surface area contributed by atoms with Gasteiger partial charge in [0.25, 0.3) is 5.91 Å². The molecule has 1 heterocycles. The molecule has 3 rings (SSSR count). The minimum Gasteiger partial charge on any atom is -0.488 e. The molecule has 0 atom stereocenters. The van der Waals surface area contributed by atoms with Crippen LogP contribution in [0.3, 0.4) is 0 Å². The van der Waals surface area contributed by atoms with E-state index in [1.54, 1.807) is 23.1 Å². The maximum absolute atomic E-state index is 12.9. The molecule has 6 heteroatoms. The fraction of sp³-hybridized carbons (Fsp3) is 0.300. The molecular weight excluding hydrogens is 352 g/mol. The van der Waals surface area contributed by atoms with Gasteiger partial charge in [-0.1, -0.05) is 41.9 Å². The topological polar surface area (TPSA) is 72.6 Å². The lowest BCUT2D eigenvalue weighted by Gasteiger charge is -2.31. The van der Waals surface area contributed by atoms with Crippen molar-refractivity contribution in [2.75, 3.05) is 13.1 Å². The molecule has 0 spiro atoms. The van der Waals surface area contributed by atoms with Crippen LogP contribution in [0.1, 0.15) is 28.8 Å². The van der Waals surface area contributed by atoms with Crippen molar-refractivity contribution in [1.82, 2.24) is 4.90 Å². The zero-order valence-electron chi connectivity index (χ0n) is 14.4. The maximum atomic E-state index is 12.9. The summed E-state index contributed by atoms with van der Waals surface area (Å²) in [6.07, 6.45) is 1.20. The lowest BCUT2D eigenvalue weighted by Crippen LogP contribution is -2.41. The highest BCUT2D eigenvalue weighted by atomic mass is 35.5. The third kappa shape index (κ3) is 4.17. The summed E-state index contributed by atoms with van der Waals surface area (Å²) in [5.41, 5.74) is 6.73. The van der Waals surface area contributed by atoms with Gasteiger partial charge in [0.05, 0.1) is 5.56 Å². The van der Waals surface area contributed by atoms with Crippen LogP contribution in [0.5, 0.6) is 5.75 Å². The molecule has 0 unspecified atom stereocenters. The Morgan fingerprint density at radius 3 is 2.42 bits per heavy atom. The van der Waals surface area contributed by atoms with E-state index in [0.29, 0.717) is 42.3 Å². The standard InChI is InChI=1S/C20H21ClN2O3/c21-17-7-3-1-5-15(17)13-26-18-8-4-2-6-16(18)20(25)23-11-9-14(10-12-23)19(22)24/h1-8,14H,9-13H2,(H2,22,24). The van der Waals surface area contributed by atoms with Crippen molar-refractivity contribution in [3.63, 3.8) is 0 Å². The van der Waals surface area contributed by atoms with Gasteiger partial charge in [-0.3, -0.25) is 9.59 Å². The number of nitrogens with two attached hydrogens (primary N) is 1. The van der Waals surface area contributed by atoms with E-state index >= 15 is 0 Å². The number of likely N-dealkylation sites (tertiary alicyclic amines) is 1. The molecule has 5 nitrogen and oxygen atoms in total. The Kier molecular flexibility index (Phi) is 5.78. The van der Waals surface area contributed by atoms with Gasteiger partial charge < -0.3 is 15.4 Å². The summed E-state index contributed by atoms with van der Waals surface area (Å²) in [5.74, 6) is -0.0107. The Labute approximate surface area is 157 Å². The summed E-state index contributed by atoms with van der Waals surface area (Å²) in [7, 11) is 0. The second-order valence-electron chi connectivity index (χ2n) is 6.35. The first-order valence-corrected chi connectivity index (χ1v) is 8.98. The lowest BCUT2D eigenvalue weighted by molar-refractivity contribution is -0.123. The van der Waals surface area contributed by atoms with Gasteiger partial charge in [-0.25, -0.2) is 0 Å². The molecule has 0 saturated carbocycles. The molecule has 2 amide bonds. The van der Waals surface area contributed by atoms with Crippen molar-refractivity contribution in [3.05, 3.63) is 64.7 Å². The number of hydrogen-bond acceptors (Lipinski definition) is 3. The van der Waals surface area contributed by atoms with Crippen LogP contribution in [0.4, 0.5) is 0 Å². The summed E-state index contributed by atoms with van der Waals surface area (Å²) in [5, 5.41) is 0.629. The van der Waals surface area contributed by atoms with Gasteiger partial charge in [0.15, 0.2) is 0 Å². The minimum absolute atomic E-state index is 0.0947. The number of hydrogen-bond donors (Lipinski definition) is 1. The van der Waals surface area contributed by atoms with Crippen LogP contribution in [-0.2, 0) is 11.4 Å². The molecule has 2 aromatic rings. The number of carbonyl (C=O) groups is 2. The van der Waals surface area contributed by atoms with Crippen molar-refractivity contribution >= 4 is 23.4 Å². The zero-order chi connectivity index (χ0) is 18.5. The summed E-state index contributed by atoms with van der Waals surface area (Å²) < 4.78 is 5.87. The van der Waals surface area contributed by atoms with Crippen LogP contribution in [0, 0.1) is 5.92 Å². The van der Waals surface area contributed by atoms with Crippen molar-refractivity contribution in [2.24, 2.45) is 11.7 Å². The van der Waals surface area contributed by atoms with E-state index in [2.05, 4.69) is 0 Å². The van der Waals surface area contributed by atoms with Crippen LogP contribution in [-0.4, -0.2) is 29.8 Å². The van der Waals surface area contributed by atoms with Gasteiger partial charge in [0.2, 0.25) is 5.91 Å². The number of nitrogens with zero attached hydrogens (tertiary/aromatic N) is 1. The predicted molar refractivity (Wildman–Crippen MR) is 100 cm³/mol. The SMILES string of the molecule is NC(=O)C1CCN(C(=O)c2ccccc2OCc2ccccc2Cl)CC1. The van der Waals surface area contributed by atoms with E-state index in [0.717, 1.165) is 5.56 Å². The molecular formula is C20H21ClN2O3. The number of ether oxygens (including phenoxy) is 1. The van der Waals surface area contributed by atoms with Gasteiger partial charge in [-0.15, -0.1) is 0 Å². The molecule has 0 aromatic heterocycles. The molecule has 136 valence electrons. The summed E-state index contributed by atoms with van der Waals surface area (Å²) in [4.78, 5) is 25.9. The summed E-state index contributed by atoms with van der Waals surface area (Å²) in [6, 6.07) is 14.6. The number of amides is 2. The Bertz CT molecular complexity index is 801. The van der Waals surface area contributed by atoms with Gasteiger partial charge >= 0.3 is 0 Å². The molecule has 2 N–H and O–H groups in total. The van der Waals surface area contributed by atoms with Gasteiger partial charge in [-0.05, 0) is 31.0 Å². The molecule has 2 aromatic carbocycles. The number of rotatable bonds is 5. The largest absolute Gasteiger partial charge is 0.488 e. The number of carbonyl (C=O) groups excluding carboxylic acids is 2. The predicted octanol–water partition coefficient (Wildman–Crippen LogP) is 3.26. The number of benzene rings is 2. The van der Waals surface area contributed by atoms with E-state index in [1.807, 2.05) is 30.3 Å². The van der Waals surface area contributed by atoms with Gasteiger partial charge in [-0.2, -0.15) is 0 Å². The molecule has 0 bridgehead atoms. The van der Waals surface area contributed by atoms with Gasteiger partial charge in [0.1, 0.15) is 12.4 Å². The second-order valence-corrected chi connectivity index (χ2v) is 6.75. The zero-order valence-corrected chi connectivity index (χ0v) is 15.1. The van der Waals surface area contributed by atoms with Crippen LogP contribution < -0.4 is 10.5 Å². The van der Waals surface area contributed by atoms with E-state index in [1.165, 1.54) is 0 Å². The first kappa shape index (κ1) is 18.3. The van der Waals surface area contributed by atoms with Crippen molar-refractivity contribution in [2.45, 2.75) is 19.4 Å². The number of primary amides is 1. The van der Waals surface area contributed by atoms with Crippen LogP contribution in [0.15, 0.2) is 48.5 Å². The Balaban J connectivity index is 1.70. The highest BCUT2D eigenvalue weighted by Gasteiger charge is 2.27. The van der Waals surface area contributed by atoms with E-state index in [9.17, 15) is 9.59 Å². The lowest BCUT2D eigenvalue weighted by atomic mass is 9.96. The Morgan fingerprint density at radius 1 is 1.08 bits per heavy atom. The first-order valence-electron chi connectivity index (χ1n) is 8.60. The number of piperidine rings is 1. The van der Waals surface area contributed by atoms with E-state index in [-0.39, 0.29) is 24.3 Å². The monoisotopic (exact) mass is 372 g/mol. The summed E-state index contributed by atoms with van der Waals surface area (Å²) in [6.45, 7) is 1.32. The molecule has 26 heavy (non-hydrogen) atoms. The van der Waals surface area contributed by atoms with Gasteiger partial charge in [0, 0.05) is 29.6 Å². The Morgan fingerprint density at radius 2 is 1.73 bits per heavy atom. The van der Waals surface area contributed by atoms with Crippen LogP contribution >= 0.6 is 11.6 Å². The van der Waals surface area contributed by atoms with Crippen LogP contribution in [0.25, 0.3) is 0 Å². The molecule has 1 aliphatic rings. The fourth-order valence-electron chi connectivity index (χ4n) is 3.08. The fourth-order valence-corrected chi connectivity index (χ4v) is 3.27. The van der Waals surface area contributed by atoms with Crippen molar-refractivity contribution in [1.29, 1.82) is 0 Å². The Hall–Kier alpha value is -2.53. The third-order valence-corrected chi connectivity index (χ3v) is 5.01. The molecule has 0 aliphatic carbocycles. The second kappa shape index (κ2) is 8.23. The minimum atomic E-state index is -0.291. The van der Waals surface area contributed by atoms with Crippen LogP contribution in [0.2, 0.25) is 5.02 Å². The normalized spacial score (nSPS) is 14.9. The number of halogens is 1. The smallest absolute Gasteiger partial charge is 0.257 e. The first-order chi connectivity index (χ1) is 12.6. The maximum Gasteiger partial charge on any atom is 0.257 e. The highest BCUT2D eigenvalue weighted by Crippen LogP contribution is 2.25. The molecule has 1 fully saturated rings. The van der Waals surface area contributed by atoms with E-state index < -0.39 is 0 Å². The molecule has 1 saturated heterocycles. The average molecular weight is 373 g/mol. The highest BCUT2D eigenvalue weighted by molar-refractivity contribution is 6.31. The summed E-state index contributed by atoms with van der Waals surface area (Å²) >= 11 is 6.16. The average Bonchev–Trinajstić information content (AvgIpc) is 2.67. The van der Waals surface area contributed by atoms with Crippen molar-refractivity contribution in [3.8, 4) is 5.75 Å². The molecule has 1 aliphatic heterocycles.